The highest BCUT2D eigenvalue weighted by Crippen LogP contribution is 2.36. The molecule has 1 saturated carbocycles. The zero-order chi connectivity index (χ0) is 16.0. The Labute approximate surface area is 156 Å². The number of aliphatic hydroxyl groups is 1. The summed E-state index contributed by atoms with van der Waals surface area (Å²) in [4.78, 5) is 6.83. The van der Waals surface area contributed by atoms with E-state index in [1.165, 1.54) is 6.42 Å². The predicted molar refractivity (Wildman–Crippen MR) is 104 cm³/mol. The van der Waals surface area contributed by atoms with Gasteiger partial charge in [-0.15, -0.1) is 24.0 Å². The molecule has 0 saturated heterocycles. The highest BCUT2D eigenvalue weighted by atomic mass is 127. The molecule has 2 unspecified atom stereocenters. The molecular formula is C17H30IN3O2. The van der Waals surface area contributed by atoms with E-state index in [2.05, 4.69) is 24.1 Å². The van der Waals surface area contributed by atoms with Crippen LogP contribution in [0.2, 0.25) is 0 Å². The largest absolute Gasteiger partial charge is 0.467 e. The Balaban J connectivity index is 0.00000264. The van der Waals surface area contributed by atoms with Gasteiger partial charge in [0.2, 0.25) is 0 Å². The van der Waals surface area contributed by atoms with Gasteiger partial charge in [0.15, 0.2) is 5.96 Å². The molecule has 1 aliphatic carbocycles. The van der Waals surface area contributed by atoms with E-state index in [0.717, 1.165) is 37.5 Å². The smallest absolute Gasteiger partial charge is 0.194 e. The average molecular weight is 435 g/mol. The maximum absolute atomic E-state index is 10.3. The lowest BCUT2D eigenvalue weighted by Gasteiger charge is -2.37. The average Bonchev–Trinajstić information content (AvgIpc) is 2.99. The standard InChI is InChI=1S/C17H29N3O2.HI/c1-4-18-16(20(3)12-14-8-7-11-22-14)19-13-17(2)10-6-5-9-15(17)21;/h7-8,11,15,21H,4-6,9-10,12-13H2,1-3H3,(H,18,19);1H. The van der Waals surface area contributed by atoms with Crippen LogP contribution in [-0.2, 0) is 6.54 Å². The van der Waals surface area contributed by atoms with E-state index < -0.39 is 0 Å². The zero-order valence-corrected chi connectivity index (χ0v) is 16.7. The van der Waals surface area contributed by atoms with Crippen molar-refractivity contribution in [3.8, 4) is 0 Å². The van der Waals surface area contributed by atoms with Gasteiger partial charge in [-0.1, -0.05) is 19.8 Å². The number of aliphatic hydroxyl groups excluding tert-OH is 1. The van der Waals surface area contributed by atoms with Gasteiger partial charge in [0.05, 0.1) is 25.5 Å². The first-order valence-electron chi connectivity index (χ1n) is 8.25. The fraction of sp³-hybridized carbons (Fsp3) is 0.706. The Morgan fingerprint density at radius 1 is 1.52 bits per heavy atom. The summed E-state index contributed by atoms with van der Waals surface area (Å²) in [5.74, 6) is 1.77. The van der Waals surface area contributed by atoms with Gasteiger partial charge in [-0.3, -0.25) is 4.99 Å². The van der Waals surface area contributed by atoms with E-state index in [1.807, 2.05) is 19.2 Å². The fourth-order valence-corrected chi connectivity index (χ4v) is 3.00. The van der Waals surface area contributed by atoms with Crippen LogP contribution in [-0.4, -0.2) is 42.2 Å². The van der Waals surface area contributed by atoms with E-state index in [9.17, 15) is 5.11 Å². The maximum Gasteiger partial charge on any atom is 0.194 e. The minimum Gasteiger partial charge on any atom is -0.467 e. The number of guanidine groups is 1. The number of aliphatic imine (C=N–C) groups is 1. The van der Waals surface area contributed by atoms with Crippen LogP contribution in [0, 0.1) is 5.41 Å². The lowest BCUT2D eigenvalue weighted by atomic mass is 9.73. The van der Waals surface area contributed by atoms with Crippen LogP contribution in [0.4, 0.5) is 0 Å². The molecule has 0 radical (unpaired) electrons. The van der Waals surface area contributed by atoms with Gasteiger partial charge in [0.1, 0.15) is 5.76 Å². The normalized spacial score (nSPS) is 24.9. The number of nitrogens with zero attached hydrogens (tertiary/aromatic N) is 2. The second-order valence-electron chi connectivity index (χ2n) is 6.52. The summed E-state index contributed by atoms with van der Waals surface area (Å²) in [6.45, 7) is 6.36. The monoisotopic (exact) mass is 435 g/mol. The summed E-state index contributed by atoms with van der Waals surface area (Å²) in [5, 5.41) is 13.6. The summed E-state index contributed by atoms with van der Waals surface area (Å²) in [6.07, 6.45) is 5.68. The predicted octanol–water partition coefficient (Wildman–Crippen LogP) is 3.24. The minimum atomic E-state index is -0.247. The molecule has 2 N–H and O–H groups in total. The third kappa shape index (κ3) is 5.67. The van der Waals surface area contributed by atoms with Crippen molar-refractivity contribution < 1.29 is 9.52 Å². The maximum atomic E-state index is 10.3. The molecule has 2 atom stereocenters. The summed E-state index contributed by atoms with van der Waals surface area (Å²) >= 11 is 0. The van der Waals surface area contributed by atoms with E-state index in [-0.39, 0.29) is 35.5 Å². The molecule has 23 heavy (non-hydrogen) atoms. The Morgan fingerprint density at radius 3 is 2.91 bits per heavy atom. The number of rotatable bonds is 5. The number of nitrogens with one attached hydrogen (secondary N) is 1. The van der Waals surface area contributed by atoms with Gasteiger partial charge < -0.3 is 19.7 Å². The van der Waals surface area contributed by atoms with Crippen LogP contribution in [0.25, 0.3) is 0 Å². The molecule has 1 aliphatic rings. The van der Waals surface area contributed by atoms with Crippen molar-refractivity contribution >= 4 is 29.9 Å². The molecule has 0 aromatic carbocycles. The molecule has 1 aromatic heterocycles. The Morgan fingerprint density at radius 2 is 2.30 bits per heavy atom. The van der Waals surface area contributed by atoms with Crippen LogP contribution in [0.3, 0.4) is 0 Å². The van der Waals surface area contributed by atoms with Crippen molar-refractivity contribution in [1.82, 2.24) is 10.2 Å². The Hall–Kier alpha value is -0.760. The van der Waals surface area contributed by atoms with E-state index in [0.29, 0.717) is 13.1 Å². The zero-order valence-electron chi connectivity index (χ0n) is 14.4. The van der Waals surface area contributed by atoms with Gasteiger partial charge in [0, 0.05) is 19.0 Å². The van der Waals surface area contributed by atoms with E-state index >= 15 is 0 Å². The Bertz CT molecular complexity index is 478. The molecule has 0 spiro atoms. The van der Waals surface area contributed by atoms with Crippen LogP contribution in [0.5, 0.6) is 0 Å². The van der Waals surface area contributed by atoms with Crippen molar-refractivity contribution in [1.29, 1.82) is 0 Å². The molecule has 132 valence electrons. The lowest BCUT2D eigenvalue weighted by molar-refractivity contribution is 0.00704. The van der Waals surface area contributed by atoms with Crippen molar-refractivity contribution in [2.24, 2.45) is 10.4 Å². The highest BCUT2D eigenvalue weighted by molar-refractivity contribution is 14.0. The second kappa shape index (κ2) is 9.52. The van der Waals surface area contributed by atoms with Gasteiger partial charge in [-0.25, -0.2) is 0 Å². The minimum absolute atomic E-state index is 0. The summed E-state index contributed by atoms with van der Waals surface area (Å²) in [5.41, 5.74) is -0.107. The number of hydrogen-bond acceptors (Lipinski definition) is 3. The molecule has 0 bridgehead atoms. The van der Waals surface area contributed by atoms with Gasteiger partial charge in [-0.05, 0) is 31.9 Å². The summed E-state index contributed by atoms with van der Waals surface area (Å²) < 4.78 is 5.40. The number of hydrogen-bond donors (Lipinski definition) is 2. The molecule has 1 heterocycles. The van der Waals surface area contributed by atoms with Crippen molar-refractivity contribution in [3.63, 3.8) is 0 Å². The van der Waals surface area contributed by atoms with E-state index in [4.69, 9.17) is 9.41 Å². The summed E-state index contributed by atoms with van der Waals surface area (Å²) in [7, 11) is 2.00. The fourth-order valence-electron chi connectivity index (χ4n) is 3.00. The van der Waals surface area contributed by atoms with Gasteiger partial charge >= 0.3 is 0 Å². The van der Waals surface area contributed by atoms with Crippen LogP contribution in [0.15, 0.2) is 27.8 Å². The molecular weight excluding hydrogens is 405 g/mol. The molecule has 0 amide bonds. The number of furan rings is 1. The van der Waals surface area contributed by atoms with Crippen molar-refractivity contribution in [2.45, 2.75) is 52.2 Å². The molecule has 0 aliphatic heterocycles. The quantitative estimate of drug-likeness (QED) is 0.424. The molecule has 5 nitrogen and oxygen atoms in total. The summed E-state index contributed by atoms with van der Waals surface area (Å²) in [6, 6.07) is 3.86. The SMILES string of the molecule is CCNC(=NCC1(C)CCCCC1O)N(C)Cc1ccco1.I. The van der Waals surface area contributed by atoms with Crippen LogP contribution >= 0.6 is 24.0 Å². The van der Waals surface area contributed by atoms with Gasteiger partial charge in [-0.2, -0.15) is 0 Å². The molecule has 2 rings (SSSR count). The third-order valence-corrected chi connectivity index (χ3v) is 4.54. The Kier molecular flexibility index (Phi) is 8.39. The molecule has 6 heteroatoms. The molecule has 1 fully saturated rings. The van der Waals surface area contributed by atoms with Crippen molar-refractivity contribution in [3.05, 3.63) is 24.2 Å². The number of halogens is 1. The topological polar surface area (TPSA) is 61.0 Å². The lowest BCUT2D eigenvalue weighted by Crippen LogP contribution is -2.42. The first kappa shape index (κ1) is 20.3. The van der Waals surface area contributed by atoms with Crippen LogP contribution < -0.4 is 5.32 Å². The molecule has 1 aromatic rings. The third-order valence-electron chi connectivity index (χ3n) is 4.54. The van der Waals surface area contributed by atoms with E-state index in [1.54, 1.807) is 6.26 Å². The highest BCUT2D eigenvalue weighted by Gasteiger charge is 2.35. The van der Waals surface area contributed by atoms with Gasteiger partial charge in [0.25, 0.3) is 0 Å². The second-order valence-corrected chi connectivity index (χ2v) is 6.52. The first-order valence-corrected chi connectivity index (χ1v) is 8.25. The van der Waals surface area contributed by atoms with Crippen LogP contribution in [0.1, 0.15) is 45.3 Å². The first-order chi connectivity index (χ1) is 10.5. The van der Waals surface area contributed by atoms with Crippen molar-refractivity contribution in [2.75, 3.05) is 20.1 Å².